The van der Waals surface area contributed by atoms with Crippen molar-refractivity contribution in [3.63, 3.8) is 0 Å². The topological polar surface area (TPSA) is 78.4 Å². The lowest BCUT2D eigenvalue weighted by molar-refractivity contribution is -0.141. The molecule has 5 nitrogen and oxygen atoms in total. The van der Waals surface area contributed by atoms with Crippen molar-refractivity contribution in [2.45, 2.75) is 62.7 Å². The van der Waals surface area contributed by atoms with E-state index in [1.54, 1.807) is 0 Å². The second-order valence-electron chi connectivity index (χ2n) is 6.06. The number of urea groups is 1. The Morgan fingerprint density at radius 3 is 2.43 bits per heavy atom. The maximum Gasteiger partial charge on any atom is 0.326 e. The lowest BCUT2D eigenvalue weighted by Crippen LogP contribution is -2.51. The summed E-state index contributed by atoms with van der Waals surface area (Å²) >= 11 is 1.90. The molecule has 0 aromatic heterocycles. The Hall–Kier alpha value is -0.910. The van der Waals surface area contributed by atoms with Gasteiger partial charge in [0.2, 0.25) is 0 Å². The maximum absolute atomic E-state index is 11.9. The van der Waals surface area contributed by atoms with E-state index in [9.17, 15) is 14.7 Å². The van der Waals surface area contributed by atoms with Crippen molar-refractivity contribution < 1.29 is 14.7 Å². The summed E-state index contributed by atoms with van der Waals surface area (Å²) < 4.78 is 0. The molecule has 1 heterocycles. The zero-order chi connectivity index (χ0) is 15.1. The Morgan fingerprint density at radius 1 is 1.10 bits per heavy atom. The van der Waals surface area contributed by atoms with Gasteiger partial charge in [0.15, 0.2) is 0 Å². The van der Waals surface area contributed by atoms with Crippen molar-refractivity contribution in [3.8, 4) is 0 Å². The first-order chi connectivity index (χ1) is 10.2. The van der Waals surface area contributed by atoms with Crippen LogP contribution in [0, 0.1) is 5.92 Å². The molecule has 2 atom stereocenters. The monoisotopic (exact) mass is 314 g/mol. The van der Waals surface area contributed by atoms with Crippen LogP contribution in [0.1, 0.15) is 51.4 Å². The molecule has 2 unspecified atom stereocenters. The average molecular weight is 314 g/mol. The molecule has 120 valence electrons. The SMILES string of the molecule is O=C(NCC1CCCCS1)NC(C(=O)O)C1CCCCC1. The van der Waals surface area contributed by atoms with Gasteiger partial charge in [0.1, 0.15) is 6.04 Å². The third-order valence-corrected chi connectivity index (χ3v) is 5.84. The molecular weight excluding hydrogens is 288 g/mol. The highest BCUT2D eigenvalue weighted by atomic mass is 32.2. The van der Waals surface area contributed by atoms with E-state index in [4.69, 9.17) is 0 Å². The van der Waals surface area contributed by atoms with Gasteiger partial charge < -0.3 is 15.7 Å². The van der Waals surface area contributed by atoms with Crippen LogP contribution in [0.4, 0.5) is 4.79 Å². The number of rotatable bonds is 5. The van der Waals surface area contributed by atoms with Crippen LogP contribution in [0.5, 0.6) is 0 Å². The number of thioether (sulfide) groups is 1. The Bertz CT molecular complexity index is 353. The first-order valence-electron chi connectivity index (χ1n) is 8.05. The molecule has 2 aliphatic rings. The molecule has 2 amide bonds. The normalized spacial score (nSPS) is 25.0. The predicted molar refractivity (Wildman–Crippen MR) is 84.6 cm³/mol. The molecular formula is C15H26N2O3S. The summed E-state index contributed by atoms with van der Waals surface area (Å²) in [6.45, 7) is 0.632. The number of hydrogen-bond donors (Lipinski definition) is 3. The number of carbonyl (C=O) groups is 2. The Kier molecular flexibility index (Phi) is 6.67. The van der Waals surface area contributed by atoms with Gasteiger partial charge in [-0.3, -0.25) is 0 Å². The molecule has 21 heavy (non-hydrogen) atoms. The molecule has 1 saturated carbocycles. The smallest absolute Gasteiger partial charge is 0.326 e. The van der Waals surface area contributed by atoms with E-state index in [1.165, 1.54) is 19.3 Å². The van der Waals surface area contributed by atoms with E-state index in [2.05, 4.69) is 10.6 Å². The van der Waals surface area contributed by atoms with Gasteiger partial charge >= 0.3 is 12.0 Å². The largest absolute Gasteiger partial charge is 0.480 e. The number of aliphatic carboxylic acids is 1. The minimum Gasteiger partial charge on any atom is -0.480 e. The summed E-state index contributed by atoms with van der Waals surface area (Å²) in [6, 6.07) is -1.08. The molecule has 2 fully saturated rings. The first-order valence-corrected chi connectivity index (χ1v) is 9.10. The molecule has 3 N–H and O–H groups in total. The van der Waals surface area contributed by atoms with Crippen molar-refractivity contribution in [1.29, 1.82) is 0 Å². The Balaban J connectivity index is 1.76. The third kappa shape index (κ3) is 5.41. The highest BCUT2D eigenvalue weighted by molar-refractivity contribution is 7.99. The highest BCUT2D eigenvalue weighted by Crippen LogP contribution is 2.27. The van der Waals surface area contributed by atoms with Crippen LogP contribution >= 0.6 is 11.8 Å². The third-order valence-electron chi connectivity index (χ3n) is 4.44. The number of nitrogens with one attached hydrogen (secondary N) is 2. The quantitative estimate of drug-likeness (QED) is 0.729. The number of hydrogen-bond acceptors (Lipinski definition) is 3. The molecule has 1 aliphatic carbocycles. The van der Waals surface area contributed by atoms with E-state index in [1.807, 2.05) is 11.8 Å². The van der Waals surface area contributed by atoms with Gasteiger partial charge in [-0.25, -0.2) is 9.59 Å². The lowest BCUT2D eigenvalue weighted by Gasteiger charge is -2.28. The Labute approximate surface area is 130 Å². The van der Waals surface area contributed by atoms with Crippen LogP contribution in [-0.2, 0) is 4.79 Å². The minimum atomic E-state index is -0.913. The fourth-order valence-electron chi connectivity index (χ4n) is 3.22. The van der Waals surface area contributed by atoms with Gasteiger partial charge in [-0.2, -0.15) is 11.8 Å². The standard InChI is InChI=1S/C15H26N2O3S/c18-14(19)13(11-6-2-1-3-7-11)17-15(20)16-10-12-8-4-5-9-21-12/h11-13H,1-10H2,(H,18,19)(H2,16,17,20). The zero-order valence-electron chi connectivity index (χ0n) is 12.5. The van der Waals surface area contributed by atoms with Crippen molar-refractivity contribution in [3.05, 3.63) is 0 Å². The zero-order valence-corrected chi connectivity index (χ0v) is 13.3. The van der Waals surface area contributed by atoms with Crippen molar-refractivity contribution in [2.24, 2.45) is 5.92 Å². The number of amides is 2. The first kappa shape index (κ1) is 16.5. The highest BCUT2D eigenvalue weighted by Gasteiger charge is 2.30. The summed E-state index contributed by atoms with van der Waals surface area (Å²) in [7, 11) is 0. The second kappa shape index (κ2) is 8.51. The lowest BCUT2D eigenvalue weighted by atomic mass is 9.84. The summed E-state index contributed by atoms with van der Waals surface area (Å²) in [5, 5.41) is 15.3. The molecule has 1 aliphatic heterocycles. The van der Waals surface area contributed by atoms with Crippen LogP contribution < -0.4 is 10.6 Å². The summed E-state index contributed by atoms with van der Waals surface area (Å²) in [6.07, 6.45) is 8.72. The van der Waals surface area contributed by atoms with Crippen LogP contribution in [0.15, 0.2) is 0 Å². The molecule has 0 bridgehead atoms. The van der Waals surface area contributed by atoms with Crippen LogP contribution in [0.2, 0.25) is 0 Å². The van der Waals surface area contributed by atoms with Crippen molar-refractivity contribution in [1.82, 2.24) is 10.6 Å². The van der Waals surface area contributed by atoms with E-state index in [0.29, 0.717) is 11.8 Å². The summed E-state index contributed by atoms with van der Waals surface area (Å²) in [4.78, 5) is 23.3. The number of carboxylic acids is 1. The Morgan fingerprint density at radius 2 is 1.81 bits per heavy atom. The van der Waals surface area contributed by atoms with Crippen LogP contribution in [0.3, 0.4) is 0 Å². The molecule has 0 aromatic rings. The molecule has 0 aromatic carbocycles. The maximum atomic E-state index is 11.9. The van der Waals surface area contributed by atoms with Crippen LogP contribution in [0.25, 0.3) is 0 Å². The molecule has 0 spiro atoms. The fraction of sp³-hybridized carbons (Fsp3) is 0.867. The van der Waals surface area contributed by atoms with E-state index in [0.717, 1.165) is 37.9 Å². The predicted octanol–water partition coefficient (Wildman–Crippen LogP) is 2.60. The second-order valence-corrected chi connectivity index (χ2v) is 7.47. The van der Waals surface area contributed by atoms with Gasteiger partial charge in [-0.05, 0) is 37.4 Å². The minimum absolute atomic E-state index is 0.0751. The molecule has 1 saturated heterocycles. The number of carboxylic acid groups (broad SMARTS) is 1. The van der Waals surface area contributed by atoms with Gasteiger partial charge in [-0.15, -0.1) is 0 Å². The van der Waals surface area contributed by atoms with E-state index in [-0.39, 0.29) is 11.9 Å². The molecule has 2 rings (SSSR count). The van der Waals surface area contributed by atoms with E-state index >= 15 is 0 Å². The van der Waals surface area contributed by atoms with Crippen molar-refractivity contribution in [2.75, 3.05) is 12.3 Å². The van der Waals surface area contributed by atoms with Gasteiger partial charge in [0, 0.05) is 11.8 Å². The van der Waals surface area contributed by atoms with Gasteiger partial charge in [-0.1, -0.05) is 25.7 Å². The average Bonchev–Trinajstić information content (AvgIpc) is 2.52. The summed E-state index contributed by atoms with van der Waals surface area (Å²) in [5.74, 6) is 0.323. The van der Waals surface area contributed by atoms with Gasteiger partial charge in [0.25, 0.3) is 0 Å². The molecule has 0 radical (unpaired) electrons. The van der Waals surface area contributed by atoms with Gasteiger partial charge in [0.05, 0.1) is 0 Å². The molecule has 6 heteroatoms. The van der Waals surface area contributed by atoms with Crippen LogP contribution in [-0.4, -0.2) is 40.7 Å². The van der Waals surface area contributed by atoms with E-state index < -0.39 is 12.0 Å². The number of carbonyl (C=O) groups excluding carboxylic acids is 1. The summed E-state index contributed by atoms with van der Waals surface area (Å²) in [5.41, 5.74) is 0. The fourth-order valence-corrected chi connectivity index (χ4v) is 4.45. The van der Waals surface area contributed by atoms with Crippen molar-refractivity contribution >= 4 is 23.8 Å².